The molecule has 0 aliphatic carbocycles. The van der Waals surface area contributed by atoms with E-state index < -0.39 is 0 Å². The average molecular weight is 277 g/mol. The van der Waals surface area contributed by atoms with E-state index in [1.54, 1.807) is 24.6 Å². The fourth-order valence-corrected chi connectivity index (χ4v) is 2.52. The van der Waals surface area contributed by atoms with Crippen LogP contribution >= 0.6 is 11.3 Å². The number of aryl methyl sites for hydroxylation is 1. The lowest BCUT2D eigenvalue weighted by atomic mass is 10.4. The molecule has 0 fully saturated rings. The summed E-state index contributed by atoms with van der Waals surface area (Å²) in [7, 11) is 1.78. The summed E-state index contributed by atoms with van der Waals surface area (Å²) in [6, 6.07) is 4.28. The van der Waals surface area contributed by atoms with E-state index in [1.165, 1.54) is 9.75 Å². The van der Waals surface area contributed by atoms with Gasteiger partial charge in [0.05, 0.1) is 12.9 Å². The number of aliphatic imine (C=N–C) groups is 1. The predicted octanol–water partition coefficient (Wildman–Crippen LogP) is 1.62. The minimum Gasteiger partial charge on any atom is -0.355 e. The van der Waals surface area contributed by atoms with Crippen LogP contribution in [0.2, 0.25) is 0 Å². The number of aromatic nitrogens is 2. The van der Waals surface area contributed by atoms with Crippen LogP contribution in [0.3, 0.4) is 0 Å². The Bertz CT molecular complexity index is 515. The van der Waals surface area contributed by atoms with Gasteiger partial charge in [0.2, 0.25) is 0 Å². The number of thiophene rings is 1. The molecule has 5 nitrogen and oxygen atoms in total. The molecule has 0 aliphatic heterocycles. The Morgan fingerprint density at radius 2 is 2.32 bits per heavy atom. The van der Waals surface area contributed by atoms with Gasteiger partial charge in [0, 0.05) is 42.3 Å². The molecule has 0 saturated heterocycles. The Hall–Kier alpha value is -1.82. The van der Waals surface area contributed by atoms with Crippen molar-refractivity contribution < 1.29 is 0 Å². The molecule has 0 unspecified atom stereocenters. The lowest BCUT2D eigenvalue weighted by molar-refractivity contribution is 0.662. The van der Waals surface area contributed by atoms with E-state index in [4.69, 9.17) is 0 Å². The monoisotopic (exact) mass is 277 g/mol. The highest BCUT2D eigenvalue weighted by molar-refractivity contribution is 7.11. The van der Waals surface area contributed by atoms with E-state index in [0.717, 1.165) is 25.6 Å². The molecule has 0 aliphatic rings. The van der Waals surface area contributed by atoms with Crippen molar-refractivity contribution in [2.45, 2.75) is 20.0 Å². The molecule has 2 aromatic heterocycles. The summed E-state index contributed by atoms with van der Waals surface area (Å²) < 4.78 is 2.03. The lowest BCUT2D eigenvalue weighted by Crippen LogP contribution is -2.38. The molecule has 2 heterocycles. The van der Waals surface area contributed by atoms with Gasteiger partial charge in [-0.1, -0.05) is 0 Å². The molecule has 0 amide bonds. The van der Waals surface area contributed by atoms with Crippen molar-refractivity contribution in [3.63, 3.8) is 0 Å². The first kappa shape index (κ1) is 13.6. The first-order chi connectivity index (χ1) is 9.28. The third-order valence-electron chi connectivity index (χ3n) is 2.67. The molecule has 0 aromatic carbocycles. The highest BCUT2D eigenvalue weighted by Crippen LogP contribution is 2.14. The van der Waals surface area contributed by atoms with Gasteiger partial charge in [-0.05, 0) is 19.1 Å². The summed E-state index contributed by atoms with van der Waals surface area (Å²) in [5.74, 6) is 0.825. The number of hydrogen-bond acceptors (Lipinski definition) is 3. The number of guanidine groups is 1. The van der Waals surface area contributed by atoms with Gasteiger partial charge < -0.3 is 15.2 Å². The van der Waals surface area contributed by atoms with Crippen LogP contribution in [0.1, 0.15) is 9.75 Å². The Kier molecular flexibility index (Phi) is 4.97. The Balaban J connectivity index is 1.71. The molecular weight excluding hydrogens is 258 g/mol. The smallest absolute Gasteiger partial charge is 0.191 e. The predicted molar refractivity (Wildman–Crippen MR) is 79.5 cm³/mol. The zero-order valence-corrected chi connectivity index (χ0v) is 12.1. The molecule has 0 bridgehead atoms. The van der Waals surface area contributed by atoms with Crippen molar-refractivity contribution in [2.24, 2.45) is 4.99 Å². The quantitative estimate of drug-likeness (QED) is 0.645. The largest absolute Gasteiger partial charge is 0.355 e. The second kappa shape index (κ2) is 6.94. The Labute approximate surface area is 117 Å². The molecular formula is C13H19N5S. The fourth-order valence-electron chi connectivity index (χ4n) is 1.69. The first-order valence-corrected chi connectivity index (χ1v) is 7.05. The van der Waals surface area contributed by atoms with Gasteiger partial charge in [-0.15, -0.1) is 11.3 Å². The van der Waals surface area contributed by atoms with Crippen molar-refractivity contribution in [1.82, 2.24) is 20.2 Å². The number of rotatable bonds is 5. The molecule has 2 rings (SSSR count). The minimum absolute atomic E-state index is 0.809. The first-order valence-electron chi connectivity index (χ1n) is 6.23. The second-order valence-electron chi connectivity index (χ2n) is 4.17. The van der Waals surface area contributed by atoms with E-state index >= 15 is 0 Å². The van der Waals surface area contributed by atoms with Crippen LogP contribution < -0.4 is 10.6 Å². The van der Waals surface area contributed by atoms with Gasteiger partial charge in [0.25, 0.3) is 0 Å². The van der Waals surface area contributed by atoms with Crippen LogP contribution in [-0.2, 0) is 13.1 Å². The van der Waals surface area contributed by atoms with E-state index in [0.29, 0.717) is 0 Å². The molecule has 6 heteroatoms. The van der Waals surface area contributed by atoms with Gasteiger partial charge >= 0.3 is 0 Å². The van der Waals surface area contributed by atoms with E-state index in [1.807, 2.05) is 17.1 Å². The SMILES string of the molecule is CN=C(NCCn1ccnc1)NCc1ccc(C)s1. The van der Waals surface area contributed by atoms with E-state index in [9.17, 15) is 0 Å². The molecule has 0 radical (unpaired) electrons. The molecule has 2 N–H and O–H groups in total. The normalized spacial score (nSPS) is 11.6. The van der Waals surface area contributed by atoms with Crippen LogP contribution in [0.4, 0.5) is 0 Å². The maximum Gasteiger partial charge on any atom is 0.191 e. The summed E-state index contributed by atoms with van der Waals surface area (Å²) in [6.45, 7) is 4.62. The van der Waals surface area contributed by atoms with Crippen molar-refractivity contribution in [3.8, 4) is 0 Å². The zero-order chi connectivity index (χ0) is 13.5. The molecule has 0 saturated carbocycles. The standard InChI is InChI=1S/C13H19N5S/c1-11-3-4-12(19-11)9-17-13(14-2)16-6-8-18-7-5-15-10-18/h3-5,7,10H,6,8-9H2,1-2H3,(H2,14,16,17). The average Bonchev–Trinajstić information content (AvgIpc) is 3.05. The Morgan fingerprint density at radius 1 is 1.42 bits per heavy atom. The highest BCUT2D eigenvalue weighted by atomic mass is 32.1. The van der Waals surface area contributed by atoms with E-state index in [-0.39, 0.29) is 0 Å². The van der Waals surface area contributed by atoms with Crippen molar-refractivity contribution >= 4 is 17.3 Å². The maximum absolute atomic E-state index is 4.20. The van der Waals surface area contributed by atoms with Crippen molar-refractivity contribution in [3.05, 3.63) is 40.6 Å². The summed E-state index contributed by atoms with van der Waals surface area (Å²) in [4.78, 5) is 10.9. The lowest BCUT2D eigenvalue weighted by Gasteiger charge is -2.11. The summed E-state index contributed by atoms with van der Waals surface area (Å²) in [5.41, 5.74) is 0. The number of imidazole rings is 1. The third-order valence-corrected chi connectivity index (χ3v) is 3.67. The van der Waals surface area contributed by atoms with E-state index in [2.05, 4.69) is 39.7 Å². The van der Waals surface area contributed by atoms with Crippen LogP contribution in [0.5, 0.6) is 0 Å². The number of nitrogens with zero attached hydrogens (tertiary/aromatic N) is 3. The van der Waals surface area contributed by atoms with Gasteiger partial charge in [-0.3, -0.25) is 4.99 Å². The number of nitrogens with one attached hydrogen (secondary N) is 2. The molecule has 2 aromatic rings. The van der Waals surface area contributed by atoms with Crippen LogP contribution in [-0.4, -0.2) is 29.1 Å². The van der Waals surface area contributed by atoms with Crippen LogP contribution in [0, 0.1) is 6.92 Å². The Morgan fingerprint density at radius 3 is 2.95 bits per heavy atom. The van der Waals surface area contributed by atoms with Crippen molar-refractivity contribution in [2.75, 3.05) is 13.6 Å². The van der Waals surface area contributed by atoms with Gasteiger partial charge in [0.1, 0.15) is 0 Å². The molecule has 102 valence electrons. The minimum atomic E-state index is 0.809. The van der Waals surface area contributed by atoms with Gasteiger partial charge in [0.15, 0.2) is 5.96 Å². The summed E-state index contributed by atoms with van der Waals surface area (Å²) in [5, 5.41) is 6.58. The zero-order valence-electron chi connectivity index (χ0n) is 11.3. The topological polar surface area (TPSA) is 54.2 Å². The van der Waals surface area contributed by atoms with Gasteiger partial charge in [-0.2, -0.15) is 0 Å². The van der Waals surface area contributed by atoms with Crippen molar-refractivity contribution in [1.29, 1.82) is 0 Å². The summed E-state index contributed by atoms with van der Waals surface area (Å²) in [6.07, 6.45) is 5.55. The maximum atomic E-state index is 4.20. The second-order valence-corrected chi connectivity index (χ2v) is 5.54. The fraction of sp³-hybridized carbons (Fsp3) is 0.385. The number of hydrogen-bond donors (Lipinski definition) is 2. The molecule has 0 spiro atoms. The molecule has 19 heavy (non-hydrogen) atoms. The highest BCUT2D eigenvalue weighted by Gasteiger charge is 2.00. The van der Waals surface area contributed by atoms with Crippen LogP contribution in [0.25, 0.3) is 0 Å². The molecule has 0 atom stereocenters. The van der Waals surface area contributed by atoms with Gasteiger partial charge in [-0.25, -0.2) is 4.98 Å². The van der Waals surface area contributed by atoms with Crippen LogP contribution in [0.15, 0.2) is 35.8 Å². The summed E-state index contributed by atoms with van der Waals surface area (Å²) >= 11 is 1.80. The third kappa shape index (κ3) is 4.40.